The quantitative estimate of drug-likeness (QED) is 0.472. The third-order valence-electron chi connectivity index (χ3n) is 5.84. The summed E-state index contributed by atoms with van der Waals surface area (Å²) in [5.74, 6) is 0.454. The van der Waals surface area contributed by atoms with Crippen molar-refractivity contribution in [2.24, 2.45) is 0 Å². The average molecular weight is 432 g/mol. The van der Waals surface area contributed by atoms with Crippen molar-refractivity contribution in [3.63, 3.8) is 0 Å². The lowest BCUT2D eigenvalue weighted by Gasteiger charge is -2.22. The van der Waals surface area contributed by atoms with E-state index in [-0.39, 0.29) is 11.7 Å². The summed E-state index contributed by atoms with van der Waals surface area (Å²) in [7, 11) is 3.96. The molecule has 0 aromatic carbocycles. The van der Waals surface area contributed by atoms with E-state index in [1.165, 1.54) is 0 Å². The topological polar surface area (TPSA) is 106 Å². The Kier molecular flexibility index (Phi) is 5.20. The molecule has 0 amide bonds. The number of nitriles is 1. The van der Waals surface area contributed by atoms with Gasteiger partial charge in [-0.1, -0.05) is 0 Å². The van der Waals surface area contributed by atoms with Crippen molar-refractivity contribution in [2.75, 3.05) is 33.9 Å². The molecule has 1 unspecified atom stereocenters. The minimum atomic E-state index is -0.0892. The number of hydrogen-bond acceptors (Lipinski definition) is 7. The zero-order valence-electron chi connectivity index (χ0n) is 18.1. The van der Waals surface area contributed by atoms with Crippen LogP contribution < -0.4 is 5.69 Å². The number of nitrogens with zero attached hydrogens (tertiary/aromatic N) is 8. The van der Waals surface area contributed by atoms with E-state index in [1.54, 1.807) is 44.3 Å². The number of hydrogen-bond donors (Lipinski definition) is 0. The molecule has 1 saturated heterocycles. The molecule has 0 radical (unpaired) electrons. The minimum absolute atomic E-state index is 0.0607. The number of rotatable bonds is 5. The Balaban J connectivity index is 1.69. The molecule has 0 N–H and O–H groups in total. The first kappa shape index (κ1) is 20.4. The number of pyridine rings is 1. The molecule has 1 aliphatic rings. The number of aromatic nitrogens is 6. The fourth-order valence-electron chi connectivity index (χ4n) is 4.17. The zero-order valence-corrected chi connectivity index (χ0v) is 18.1. The second kappa shape index (κ2) is 8.18. The normalized spacial score (nSPS) is 16.8. The van der Waals surface area contributed by atoms with Crippen molar-refractivity contribution >= 4 is 16.8 Å². The molecule has 4 aromatic rings. The third kappa shape index (κ3) is 3.45. The van der Waals surface area contributed by atoms with Crippen LogP contribution in [-0.4, -0.2) is 67.2 Å². The Hall–Kier alpha value is -3.55. The van der Waals surface area contributed by atoms with E-state index in [9.17, 15) is 10.1 Å². The standard InChI is InChI=1S/C22H24N8O2/c1-27(2)7-8-28-18-12-25-20(17-11-24-19-6-5-15(10-23)13-29(17)19)26-21(18)30(22(28)31)16-4-3-9-32-14-16/h5-6,11-13,16H,3-4,7-9,14H2,1-2H3. The van der Waals surface area contributed by atoms with Crippen LogP contribution in [0.4, 0.5) is 0 Å². The Morgan fingerprint density at radius 2 is 2.16 bits per heavy atom. The van der Waals surface area contributed by atoms with Gasteiger partial charge in [-0.25, -0.2) is 19.7 Å². The summed E-state index contributed by atoms with van der Waals surface area (Å²) < 4.78 is 11.0. The lowest BCUT2D eigenvalue weighted by Crippen LogP contribution is -2.33. The molecule has 32 heavy (non-hydrogen) atoms. The van der Waals surface area contributed by atoms with Gasteiger partial charge < -0.3 is 9.64 Å². The Bertz CT molecular complexity index is 1380. The van der Waals surface area contributed by atoms with Crippen LogP contribution in [0, 0.1) is 11.3 Å². The number of fused-ring (bicyclic) bond motifs is 2. The highest BCUT2D eigenvalue weighted by Crippen LogP contribution is 2.25. The molecule has 0 aliphatic carbocycles. The summed E-state index contributed by atoms with van der Waals surface area (Å²) in [6.07, 6.45) is 6.89. The van der Waals surface area contributed by atoms with Gasteiger partial charge in [0.25, 0.3) is 0 Å². The van der Waals surface area contributed by atoms with Gasteiger partial charge in [-0.05, 0) is 39.1 Å². The van der Waals surface area contributed by atoms with Crippen LogP contribution in [0.25, 0.3) is 28.3 Å². The maximum Gasteiger partial charge on any atom is 0.330 e. The van der Waals surface area contributed by atoms with Crippen molar-refractivity contribution in [1.29, 1.82) is 5.26 Å². The van der Waals surface area contributed by atoms with Crippen molar-refractivity contribution < 1.29 is 4.74 Å². The molecule has 5 rings (SSSR count). The summed E-state index contributed by atoms with van der Waals surface area (Å²) >= 11 is 0. The highest BCUT2D eigenvalue weighted by Gasteiger charge is 2.25. The predicted octanol–water partition coefficient (Wildman–Crippen LogP) is 1.69. The molecule has 5 heterocycles. The third-order valence-corrected chi connectivity index (χ3v) is 5.84. The lowest BCUT2D eigenvalue weighted by atomic mass is 10.1. The number of ether oxygens (including phenoxy) is 1. The van der Waals surface area contributed by atoms with Crippen molar-refractivity contribution in [2.45, 2.75) is 25.4 Å². The largest absolute Gasteiger partial charge is 0.379 e. The van der Waals surface area contributed by atoms with Crippen LogP contribution in [0.1, 0.15) is 24.4 Å². The molecule has 10 heteroatoms. The molecule has 0 bridgehead atoms. The van der Waals surface area contributed by atoms with Crippen LogP contribution in [-0.2, 0) is 11.3 Å². The van der Waals surface area contributed by atoms with Gasteiger partial charge in [0, 0.05) is 25.9 Å². The van der Waals surface area contributed by atoms with E-state index < -0.39 is 0 Å². The first-order valence-corrected chi connectivity index (χ1v) is 10.6. The molecule has 4 aromatic heterocycles. The first-order chi connectivity index (χ1) is 15.6. The summed E-state index contributed by atoms with van der Waals surface area (Å²) in [5, 5.41) is 9.27. The maximum atomic E-state index is 13.4. The lowest BCUT2D eigenvalue weighted by molar-refractivity contribution is 0.0590. The van der Waals surface area contributed by atoms with E-state index in [4.69, 9.17) is 9.72 Å². The Morgan fingerprint density at radius 1 is 1.28 bits per heavy atom. The smallest absolute Gasteiger partial charge is 0.330 e. The van der Waals surface area contributed by atoms with E-state index in [0.29, 0.717) is 53.7 Å². The highest BCUT2D eigenvalue weighted by atomic mass is 16.5. The summed E-state index contributed by atoms with van der Waals surface area (Å²) in [5.41, 5.74) is 3.10. The average Bonchev–Trinajstić information content (AvgIpc) is 3.35. The Morgan fingerprint density at radius 3 is 2.91 bits per heavy atom. The van der Waals surface area contributed by atoms with Crippen LogP contribution in [0.3, 0.4) is 0 Å². The fraction of sp³-hybridized carbons (Fsp3) is 0.409. The molecule has 10 nitrogen and oxygen atoms in total. The van der Waals surface area contributed by atoms with Gasteiger partial charge in [-0.3, -0.25) is 13.5 Å². The van der Waals surface area contributed by atoms with Crippen molar-refractivity contribution in [1.82, 2.24) is 33.4 Å². The van der Waals surface area contributed by atoms with Crippen LogP contribution in [0.2, 0.25) is 0 Å². The van der Waals surface area contributed by atoms with Crippen molar-refractivity contribution in [3.05, 3.63) is 46.8 Å². The minimum Gasteiger partial charge on any atom is -0.379 e. The van der Waals surface area contributed by atoms with Gasteiger partial charge in [0.1, 0.15) is 22.9 Å². The summed E-state index contributed by atoms with van der Waals surface area (Å²) in [6, 6.07) is 5.60. The van der Waals surface area contributed by atoms with Gasteiger partial charge in [0.2, 0.25) is 0 Å². The van der Waals surface area contributed by atoms with Crippen LogP contribution >= 0.6 is 0 Å². The van der Waals surface area contributed by atoms with E-state index in [0.717, 1.165) is 19.4 Å². The second-order valence-corrected chi connectivity index (χ2v) is 8.28. The van der Waals surface area contributed by atoms with Crippen LogP contribution in [0.5, 0.6) is 0 Å². The SMILES string of the molecule is CN(C)CCn1c(=O)n(C2CCCOC2)c2nc(-c3cnc4ccc(C#N)cn34)ncc21. The highest BCUT2D eigenvalue weighted by molar-refractivity contribution is 5.74. The molecule has 1 atom stereocenters. The van der Waals surface area contributed by atoms with Crippen molar-refractivity contribution in [3.8, 4) is 17.6 Å². The first-order valence-electron chi connectivity index (χ1n) is 10.6. The van der Waals surface area contributed by atoms with Crippen LogP contribution in [0.15, 0.2) is 35.5 Å². The van der Waals surface area contributed by atoms with Gasteiger partial charge in [-0.15, -0.1) is 0 Å². The van der Waals surface area contributed by atoms with Gasteiger partial charge >= 0.3 is 5.69 Å². The number of likely N-dealkylation sites (N-methyl/N-ethyl adjacent to an activating group) is 1. The van der Waals surface area contributed by atoms with E-state index in [2.05, 4.69) is 16.0 Å². The second-order valence-electron chi connectivity index (χ2n) is 8.28. The molecule has 164 valence electrons. The molecule has 1 aliphatic heterocycles. The fourth-order valence-corrected chi connectivity index (χ4v) is 4.17. The molecule has 1 fully saturated rings. The molecule has 0 spiro atoms. The maximum absolute atomic E-state index is 13.4. The van der Waals surface area contributed by atoms with E-state index >= 15 is 0 Å². The molecule has 0 saturated carbocycles. The summed E-state index contributed by atoms with van der Waals surface area (Å²) in [6.45, 7) is 2.49. The monoisotopic (exact) mass is 432 g/mol. The summed E-state index contributed by atoms with van der Waals surface area (Å²) in [4.78, 5) is 29.3. The Labute approximate surface area is 184 Å². The predicted molar refractivity (Wildman–Crippen MR) is 118 cm³/mol. The number of imidazole rings is 2. The van der Waals surface area contributed by atoms with Gasteiger partial charge in [-0.2, -0.15) is 5.26 Å². The zero-order chi connectivity index (χ0) is 22.2. The van der Waals surface area contributed by atoms with Gasteiger partial charge in [0.15, 0.2) is 11.5 Å². The molecular weight excluding hydrogens is 408 g/mol. The molecular formula is C22H24N8O2. The van der Waals surface area contributed by atoms with E-state index in [1.807, 2.05) is 19.0 Å². The van der Waals surface area contributed by atoms with Gasteiger partial charge in [0.05, 0.1) is 30.6 Å².